The van der Waals surface area contributed by atoms with Crippen molar-refractivity contribution in [3.63, 3.8) is 0 Å². The number of rotatable bonds is 64. The van der Waals surface area contributed by atoms with Crippen LogP contribution in [0.3, 0.4) is 0 Å². The molecule has 6 nitrogen and oxygen atoms in total. The first kappa shape index (κ1) is 78.3. The highest BCUT2D eigenvalue weighted by Gasteiger charge is 2.19. The molecule has 0 N–H and O–H groups in total. The molecule has 0 radical (unpaired) electrons. The Morgan fingerprint density at radius 2 is 0.476 bits per heavy atom. The fourth-order valence-electron chi connectivity index (χ4n) is 10.0. The lowest BCUT2D eigenvalue weighted by Crippen LogP contribution is -2.30. The van der Waals surface area contributed by atoms with Crippen LogP contribution in [0.4, 0.5) is 0 Å². The third kappa shape index (κ3) is 67.1. The van der Waals surface area contributed by atoms with Gasteiger partial charge >= 0.3 is 17.9 Å². The van der Waals surface area contributed by atoms with Gasteiger partial charge in [0.1, 0.15) is 13.2 Å². The highest BCUT2D eigenvalue weighted by atomic mass is 16.6. The molecule has 0 rings (SSSR count). The Balaban J connectivity index is 4.18. The summed E-state index contributed by atoms with van der Waals surface area (Å²) in [5.41, 5.74) is 0. The first-order valence-corrected chi connectivity index (χ1v) is 35.2. The minimum Gasteiger partial charge on any atom is -0.462 e. The molecule has 0 bridgehead atoms. The van der Waals surface area contributed by atoms with E-state index in [0.717, 1.165) is 109 Å². The largest absolute Gasteiger partial charge is 0.462 e. The van der Waals surface area contributed by atoms with E-state index < -0.39 is 6.10 Å². The fourth-order valence-corrected chi connectivity index (χ4v) is 10.0. The molecular formula is C76H132O6. The molecule has 0 aliphatic rings. The summed E-state index contributed by atoms with van der Waals surface area (Å²) < 4.78 is 16.9. The molecule has 0 aromatic carbocycles. The summed E-state index contributed by atoms with van der Waals surface area (Å²) >= 11 is 0. The van der Waals surface area contributed by atoms with Crippen LogP contribution in [0.25, 0.3) is 0 Å². The molecule has 0 aliphatic carbocycles. The number of allylic oxidation sites excluding steroid dienone is 16. The number of unbranched alkanes of at least 4 members (excludes halogenated alkanes) is 37. The molecule has 6 heteroatoms. The van der Waals surface area contributed by atoms with E-state index in [2.05, 4.69) is 118 Å². The van der Waals surface area contributed by atoms with Crippen LogP contribution in [0.2, 0.25) is 0 Å². The maximum atomic E-state index is 12.9. The maximum Gasteiger partial charge on any atom is 0.306 e. The number of hydrogen-bond donors (Lipinski definition) is 0. The average molecular weight is 1140 g/mol. The molecule has 0 aromatic rings. The van der Waals surface area contributed by atoms with Crippen molar-refractivity contribution in [2.45, 2.75) is 354 Å². The molecule has 0 saturated heterocycles. The normalized spacial score (nSPS) is 12.7. The van der Waals surface area contributed by atoms with Gasteiger partial charge in [-0.25, -0.2) is 0 Å². The third-order valence-corrected chi connectivity index (χ3v) is 15.3. The third-order valence-electron chi connectivity index (χ3n) is 15.3. The van der Waals surface area contributed by atoms with Gasteiger partial charge in [0, 0.05) is 19.3 Å². The molecule has 472 valence electrons. The van der Waals surface area contributed by atoms with E-state index in [1.807, 2.05) is 0 Å². The van der Waals surface area contributed by atoms with E-state index in [1.54, 1.807) is 0 Å². The van der Waals surface area contributed by atoms with Crippen LogP contribution in [0.5, 0.6) is 0 Å². The van der Waals surface area contributed by atoms with Crippen LogP contribution in [-0.2, 0) is 28.6 Å². The Morgan fingerprint density at radius 1 is 0.256 bits per heavy atom. The summed E-state index contributed by atoms with van der Waals surface area (Å²) in [6, 6.07) is 0. The van der Waals surface area contributed by atoms with Crippen molar-refractivity contribution in [1.82, 2.24) is 0 Å². The van der Waals surface area contributed by atoms with E-state index in [0.29, 0.717) is 12.8 Å². The van der Waals surface area contributed by atoms with Crippen LogP contribution in [0.1, 0.15) is 348 Å². The molecule has 0 amide bonds. The second-order valence-electron chi connectivity index (χ2n) is 23.4. The zero-order valence-corrected chi connectivity index (χ0v) is 54.2. The number of esters is 3. The molecule has 0 aromatic heterocycles. The van der Waals surface area contributed by atoms with Crippen molar-refractivity contribution in [2.75, 3.05) is 13.2 Å². The van der Waals surface area contributed by atoms with E-state index in [9.17, 15) is 14.4 Å². The highest BCUT2D eigenvalue weighted by molar-refractivity contribution is 5.71. The Labute approximate surface area is 508 Å². The minimum absolute atomic E-state index is 0.0911. The monoisotopic (exact) mass is 1140 g/mol. The number of carbonyl (C=O) groups is 3. The van der Waals surface area contributed by atoms with Crippen LogP contribution in [-0.4, -0.2) is 37.2 Å². The molecule has 0 aliphatic heterocycles. The van der Waals surface area contributed by atoms with Crippen molar-refractivity contribution in [1.29, 1.82) is 0 Å². The first-order valence-electron chi connectivity index (χ1n) is 35.2. The Kier molecular flexibility index (Phi) is 66.7. The smallest absolute Gasteiger partial charge is 0.306 e. The van der Waals surface area contributed by atoms with Gasteiger partial charge < -0.3 is 14.2 Å². The van der Waals surface area contributed by atoms with Crippen LogP contribution in [0, 0.1) is 0 Å². The minimum atomic E-state index is -0.799. The molecule has 0 fully saturated rings. The first-order chi connectivity index (χ1) is 40.5. The lowest BCUT2D eigenvalue weighted by atomic mass is 10.0. The predicted molar refractivity (Wildman–Crippen MR) is 357 cm³/mol. The van der Waals surface area contributed by atoms with Gasteiger partial charge in [-0.15, -0.1) is 0 Å². The van der Waals surface area contributed by atoms with Gasteiger partial charge in [0.05, 0.1) is 0 Å². The van der Waals surface area contributed by atoms with Gasteiger partial charge in [0.15, 0.2) is 6.10 Å². The number of ether oxygens (including phenoxy) is 3. The molecular weight excluding hydrogens is 1010 g/mol. The quantitative estimate of drug-likeness (QED) is 0.0261. The van der Waals surface area contributed by atoms with Crippen molar-refractivity contribution < 1.29 is 28.6 Å². The predicted octanol–water partition coefficient (Wildman–Crippen LogP) is 24.4. The zero-order valence-electron chi connectivity index (χ0n) is 54.2. The van der Waals surface area contributed by atoms with E-state index in [-0.39, 0.29) is 37.5 Å². The van der Waals surface area contributed by atoms with Crippen LogP contribution >= 0.6 is 0 Å². The van der Waals surface area contributed by atoms with Crippen LogP contribution < -0.4 is 0 Å². The summed E-state index contributed by atoms with van der Waals surface area (Å²) in [7, 11) is 0. The average Bonchev–Trinajstić information content (AvgIpc) is 3.47. The molecule has 1 unspecified atom stereocenters. The highest BCUT2D eigenvalue weighted by Crippen LogP contribution is 2.17. The summed E-state index contributed by atoms with van der Waals surface area (Å²) in [6.45, 7) is 6.49. The summed E-state index contributed by atoms with van der Waals surface area (Å²) in [4.78, 5) is 38.3. The van der Waals surface area contributed by atoms with Crippen LogP contribution in [0.15, 0.2) is 97.2 Å². The van der Waals surface area contributed by atoms with Crippen molar-refractivity contribution >= 4 is 17.9 Å². The Hall–Kier alpha value is -3.67. The zero-order chi connectivity index (χ0) is 59.2. The van der Waals surface area contributed by atoms with Crippen molar-refractivity contribution in [3.05, 3.63) is 97.2 Å². The fraction of sp³-hybridized carbons (Fsp3) is 0.750. The SMILES string of the molecule is CC/C=C\C/C=C\C/C=C\C/C=C\C/C=C\CCCCCC(=O)OC(COC(=O)CCCCCCC/C=C\CCCCC)COC(=O)CCCCCCCCCCCCCCCCCCCCCCC/C=C\C/C=C\CCCCCCC. The van der Waals surface area contributed by atoms with Gasteiger partial charge in [0.25, 0.3) is 0 Å². The lowest BCUT2D eigenvalue weighted by molar-refractivity contribution is -0.167. The van der Waals surface area contributed by atoms with Gasteiger partial charge in [-0.2, -0.15) is 0 Å². The van der Waals surface area contributed by atoms with Gasteiger partial charge in [0.2, 0.25) is 0 Å². The second-order valence-corrected chi connectivity index (χ2v) is 23.4. The van der Waals surface area contributed by atoms with E-state index in [4.69, 9.17) is 14.2 Å². The number of carbonyl (C=O) groups excluding carboxylic acids is 3. The van der Waals surface area contributed by atoms with E-state index >= 15 is 0 Å². The summed E-state index contributed by atoms with van der Waals surface area (Å²) in [5, 5.41) is 0. The maximum absolute atomic E-state index is 12.9. The topological polar surface area (TPSA) is 78.9 Å². The Morgan fingerprint density at radius 3 is 0.793 bits per heavy atom. The molecule has 0 spiro atoms. The summed E-state index contributed by atoms with van der Waals surface area (Å²) in [6.07, 6.45) is 94.5. The van der Waals surface area contributed by atoms with E-state index in [1.165, 1.54) is 199 Å². The molecule has 82 heavy (non-hydrogen) atoms. The standard InChI is InChI=1S/C76H132O6/c1-4-7-10-13-16-19-22-25-27-29-31-32-33-34-35-36-37-38-39-40-41-42-43-44-46-47-49-51-54-57-60-63-66-69-75(78)81-72-73(71-80-74(77)68-65-62-59-56-53-24-21-18-15-12-9-6-3)82-76(79)70-67-64-61-58-55-52-50-48-45-30-28-26-23-20-17-14-11-8-5-2/h8,11,17-18,20-22,25-26,28-29,31,45,48,52,55,73H,4-7,9-10,12-16,19,23-24,27,30,32-44,46-47,49-51,53-54,56-72H2,1-3H3/b11-8-,20-17-,21-18-,25-22-,28-26-,31-29-,48-45-,55-52-. The van der Waals surface area contributed by atoms with Crippen molar-refractivity contribution in [2.24, 2.45) is 0 Å². The van der Waals surface area contributed by atoms with Crippen molar-refractivity contribution in [3.8, 4) is 0 Å². The summed E-state index contributed by atoms with van der Waals surface area (Å²) in [5.74, 6) is -0.920. The second kappa shape index (κ2) is 69.8. The molecule has 0 heterocycles. The molecule has 1 atom stereocenters. The Bertz CT molecular complexity index is 1590. The number of hydrogen-bond acceptors (Lipinski definition) is 6. The lowest BCUT2D eigenvalue weighted by Gasteiger charge is -2.18. The molecule has 0 saturated carbocycles. The van der Waals surface area contributed by atoms with Gasteiger partial charge in [-0.05, 0) is 122 Å². The van der Waals surface area contributed by atoms with Gasteiger partial charge in [-0.3, -0.25) is 14.4 Å². The van der Waals surface area contributed by atoms with Gasteiger partial charge in [-0.1, -0.05) is 304 Å².